The quantitative estimate of drug-likeness (QED) is 0.791. The molecule has 5 nitrogen and oxygen atoms in total. The third kappa shape index (κ3) is 4.19. The van der Waals surface area contributed by atoms with Gasteiger partial charge in [0.05, 0.1) is 11.5 Å². The number of aliphatic hydroxyl groups excluding tert-OH is 1. The van der Waals surface area contributed by atoms with Gasteiger partial charge in [-0.25, -0.2) is 0 Å². The van der Waals surface area contributed by atoms with E-state index < -0.39 is 5.41 Å². The van der Waals surface area contributed by atoms with Crippen molar-refractivity contribution in [1.29, 1.82) is 0 Å². The Labute approximate surface area is 160 Å². The van der Waals surface area contributed by atoms with Gasteiger partial charge in [-0.15, -0.1) is 0 Å². The van der Waals surface area contributed by atoms with Crippen LogP contribution in [0.2, 0.25) is 0 Å². The fourth-order valence-electron chi connectivity index (χ4n) is 3.74. The van der Waals surface area contributed by atoms with Crippen LogP contribution in [0.1, 0.15) is 36.9 Å². The monoisotopic (exact) mass is 366 g/mol. The highest BCUT2D eigenvalue weighted by atomic mass is 16.3. The van der Waals surface area contributed by atoms with Gasteiger partial charge in [0.15, 0.2) is 0 Å². The normalized spacial score (nSPS) is 20.5. The van der Waals surface area contributed by atoms with E-state index >= 15 is 0 Å². The van der Waals surface area contributed by atoms with Crippen molar-refractivity contribution in [2.24, 2.45) is 5.41 Å². The lowest BCUT2D eigenvalue weighted by Gasteiger charge is -2.30. The zero-order valence-electron chi connectivity index (χ0n) is 15.6. The van der Waals surface area contributed by atoms with Gasteiger partial charge in [-0.05, 0) is 24.5 Å². The van der Waals surface area contributed by atoms with Crippen molar-refractivity contribution in [1.82, 2.24) is 10.2 Å². The number of likely N-dealkylation sites (tertiary alicyclic amines) is 1. The average molecular weight is 366 g/mol. The van der Waals surface area contributed by atoms with Gasteiger partial charge in [0.1, 0.15) is 0 Å². The van der Waals surface area contributed by atoms with Crippen LogP contribution in [0, 0.1) is 5.41 Å². The molecule has 1 saturated heterocycles. The molecule has 2 atom stereocenters. The molecule has 142 valence electrons. The van der Waals surface area contributed by atoms with E-state index in [4.69, 9.17) is 0 Å². The Balaban J connectivity index is 1.74. The van der Waals surface area contributed by atoms with Gasteiger partial charge >= 0.3 is 0 Å². The first-order chi connectivity index (χ1) is 13.1. The number of hydrogen-bond donors (Lipinski definition) is 2. The van der Waals surface area contributed by atoms with Crippen molar-refractivity contribution in [3.8, 4) is 0 Å². The molecule has 0 spiro atoms. The van der Waals surface area contributed by atoms with Crippen LogP contribution in [0.4, 0.5) is 0 Å². The second-order valence-corrected chi connectivity index (χ2v) is 7.21. The SMILES string of the molecule is CC(c1ccccc1)N1CC(CCO)(C(=O)NCc2ccccc2)CC1=O. The first kappa shape index (κ1) is 19.1. The van der Waals surface area contributed by atoms with E-state index in [1.807, 2.05) is 67.6 Å². The van der Waals surface area contributed by atoms with Gasteiger partial charge in [0.2, 0.25) is 11.8 Å². The maximum atomic E-state index is 13.0. The van der Waals surface area contributed by atoms with Crippen LogP contribution in [0.3, 0.4) is 0 Å². The highest BCUT2D eigenvalue weighted by molar-refractivity contribution is 5.92. The summed E-state index contributed by atoms with van der Waals surface area (Å²) in [5.41, 5.74) is 1.16. The van der Waals surface area contributed by atoms with Crippen molar-refractivity contribution < 1.29 is 14.7 Å². The Bertz CT molecular complexity index is 779. The third-order valence-electron chi connectivity index (χ3n) is 5.40. The molecule has 0 radical (unpaired) electrons. The Hall–Kier alpha value is -2.66. The number of aliphatic hydroxyl groups is 1. The summed E-state index contributed by atoms with van der Waals surface area (Å²) in [6.45, 7) is 2.59. The van der Waals surface area contributed by atoms with Crippen LogP contribution in [0.25, 0.3) is 0 Å². The molecule has 2 amide bonds. The summed E-state index contributed by atoms with van der Waals surface area (Å²) in [6, 6.07) is 19.4. The Morgan fingerprint density at radius 1 is 1.15 bits per heavy atom. The number of benzene rings is 2. The van der Waals surface area contributed by atoms with Crippen LogP contribution in [0.15, 0.2) is 60.7 Å². The summed E-state index contributed by atoms with van der Waals surface area (Å²) >= 11 is 0. The van der Waals surface area contributed by atoms with Crippen molar-refractivity contribution in [3.05, 3.63) is 71.8 Å². The molecule has 1 fully saturated rings. The Morgan fingerprint density at radius 3 is 2.41 bits per heavy atom. The molecule has 0 saturated carbocycles. The van der Waals surface area contributed by atoms with Crippen molar-refractivity contribution in [2.75, 3.05) is 13.2 Å². The maximum absolute atomic E-state index is 13.0. The molecule has 1 aliphatic rings. The van der Waals surface area contributed by atoms with E-state index in [-0.39, 0.29) is 37.3 Å². The van der Waals surface area contributed by atoms with E-state index in [0.717, 1.165) is 11.1 Å². The van der Waals surface area contributed by atoms with Crippen LogP contribution in [-0.4, -0.2) is 35.0 Å². The van der Waals surface area contributed by atoms with Crippen LogP contribution in [0.5, 0.6) is 0 Å². The number of nitrogens with one attached hydrogen (secondary N) is 1. The summed E-state index contributed by atoms with van der Waals surface area (Å²) in [6.07, 6.45) is 0.405. The smallest absolute Gasteiger partial charge is 0.228 e. The molecule has 0 aromatic heterocycles. The topological polar surface area (TPSA) is 69.6 Å². The molecular formula is C22H26N2O3. The van der Waals surface area contributed by atoms with E-state index in [1.165, 1.54) is 0 Å². The maximum Gasteiger partial charge on any atom is 0.228 e. The lowest BCUT2D eigenvalue weighted by atomic mass is 9.82. The number of amides is 2. The Kier molecular flexibility index (Phi) is 5.91. The zero-order valence-corrected chi connectivity index (χ0v) is 15.6. The second kappa shape index (κ2) is 8.35. The first-order valence-corrected chi connectivity index (χ1v) is 9.33. The van der Waals surface area contributed by atoms with Crippen molar-refractivity contribution in [3.63, 3.8) is 0 Å². The molecule has 0 bridgehead atoms. The number of rotatable bonds is 7. The molecule has 2 N–H and O–H groups in total. The zero-order chi connectivity index (χ0) is 19.3. The van der Waals surface area contributed by atoms with Gasteiger partial charge in [-0.1, -0.05) is 60.7 Å². The van der Waals surface area contributed by atoms with Crippen LogP contribution >= 0.6 is 0 Å². The highest BCUT2D eigenvalue weighted by Crippen LogP contribution is 2.39. The number of nitrogens with zero attached hydrogens (tertiary/aromatic N) is 1. The molecule has 0 aliphatic carbocycles. The molecule has 2 aromatic rings. The largest absolute Gasteiger partial charge is 0.396 e. The summed E-state index contributed by atoms with van der Waals surface area (Å²) < 4.78 is 0. The summed E-state index contributed by atoms with van der Waals surface area (Å²) in [7, 11) is 0. The molecule has 27 heavy (non-hydrogen) atoms. The number of hydrogen-bond acceptors (Lipinski definition) is 3. The highest BCUT2D eigenvalue weighted by Gasteiger charge is 2.49. The lowest BCUT2D eigenvalue weighted by Crippen LogP contribution is -2.43. The molecule has 5 heteroatoms. The van der Waals surface area contributed by atoms with Crippen LogP contribution in [-0.2, 0) is 16.1 Å². The number of carbonyl (C=O) groups is 2. The molecule has 3 rings (SSSR count). The Morgan fingerprint density at radius 2 is 1.78 bits per heavy atom. The molecule has 1 aliphatic heterocycles. The minimum Gasteiger partial charge on any atom is -0.396 e. The van der Waals surface area contributed by atoms with Gasteiger partial charge in [-0.2, -0.15) is 0 Å². The van der Waals surface area contributed by atoms with Crippen LogP contribution < -0.4 is 5.32 Å². The fraction of sp³-hybridized carbons (Fsp3) is 0.364. The lowest BCUT2D eigenvalue weighted by molar-refractivity contribution is -0.133. The van der Waals surface area contributed by atoms with Gasteiger partial charge in [-0.3, -0.25) is 9.59 Å². The molecule has 1 heterocycles. The standard InChI is InChI=1S/C22H26N2O3/c1-17(19-10-6-3-7-11-19)24-16-22(12-13-25,14-20(24)26)21(27)23-15-18-8-4-2-5-9-18/h2-11,17,25H,12-16H2,1H3,(H,23,27). The fourth-order valence-corrected chi connectivity index (χ4v) is 3.74. The average Bonchev–Trinajstić information content (AvgIpc) is 3.04. The van der Waals surface area contributed by atoms with Crippen molar-refractivity contribution >= 4 is 11.8 Å². The van der Waals surface area contributed by atoms with Gasteiger partial charge < -0.3 is 15.3 Å². The second-order valence-electron chi connectivity index (χ2n) is 7.21. The van der Waals surface area contributed by atoms with E-state index in [0.29, 0.717) is 13.1 Å². The van der Waals surface area contributed by atoms with Crippen molar-refractivity contribution in [2.45, 2.75) is 32.4 Å². The minimum absolute atomic E-state index is 0.0466. The van der Waals surface area contributed by atoms with Gasteiger partial charge in [0.25, 0.3) is 0 Å². The predicted octanol–water partition coefficient (Wildman–Crippen LogP) is 2.67. The van der Waals surface area contributed by atoms with E-state index in [1.54, 1.807) is 4.90 Å². The minimum atomic E-state index is -0.885. The summed E-state index contributed by atoms with van der Waals surface area (Å²) in [5.74, 6) is -0.217. The molecule has 2 aromatic carbocycles. The first-order valence-electron chi connectivity index (χ1n) is 9.33. The van der Waals surface area contributed by atoms with Gasteiger partial charge in [0, 0.05) is 26.1 Å². The number of carbonyl (C=O) groups excluding carboxylic acids is 2. The van der Waals surface area contributed by atoms with E-state index in [2.05, 4.69) is 5.32 Å². The third-order valence-corrected chi connectivity index (χ3v) is 5.40. The predicted molar refractivity (Wildman–Crippen MR) is 104 cm³/mol. The summed E-state index contributed by atoms with van der Waals surface area (Å²) in [4.78, 5) is 27.5. The van der Waals surface area contributed by atoms with E-state index in [9.17, 15) is 14.7 Å². The summed E-state index contributed by atoms with van der Waals surface area (Å²) in [5, 5.41) is 12.5. The molecule has 2 unspecified atom stereocenters. The molecular weight excluding hydrogens is 340 g/mol.